The molecule has 0 aliphatic carbocycles. The first-order valence-corrected chi connectivity index (χ1v) is 10.8. The highest BCUT2D eigenvalue weighted by Crippen LogP contribution is 2.31. The van der Waals surface area contributed by atoms with E-state index in [1.165, 1.54) is 11.1 Å². The number of aromatic nitrogens is 1. The molecule has 1 heterocycles. The summed E-state index contributed by atoms with van der Waals surface area (Å²) in [5, 5.41) is 0.772. The van der Waals surface area contributed by atoms with Gasteiger partial charge >= 0.3 is 0 Å². The van der Waals surface area contributed by atoms with Crippen molar-refractivity contribution < 1.29 is 9.53 Å². The van der Waals surface area contributed by atoms with Crippen molar-refractivity contribution in [2.45, 2.75) is 26.7 Å². The first-order valence-electron chi connectivity index (χ1n) is 9.95. The molecular formula is C23H29N3O2S. The van der Waals surface area contributed by atoms with Gasteiger partial charge in [0.1, 0.15) is 5.75 Å². The lowest BCUT2D eigenvalue weighted by molar-refractivity contribution is -0.119. The molecule has 0 bridgehead atoms. The summed E-state index contributed by atoms with van der Waals surface area (Å²) >= 11 is 1.58. The summed E-state index contributed by atoms with van der Waals surface area (Å²) in [6, 6.07) is 13.9. The van der Waals surface area contributed by atoms with Crippen LogP contribution in [0.15, 0.2) is 42.5 Å². The number of ether oxygens (including phenoxy) is 1. The number of carbonyl (C=O) groups excluding carboxylic acids is 1. The Morgan fingerprint density at radius 2 is 1.79 bits per heavy atom. The van der Waals surface area contributed by atoms with Crippen LogP contribution in [-0.2, 0) is 4.79 Å². The number of benzene rings is 2. The van der Waals surface area contributed by atoms with Crippen LogP contribution in [0.4, 0.5) is 5.13 Å². The average Bonchev–Trinajstić information content (AvgIpc) is 3.08. The van der Waals surface area contributed by atoms with Crippen LogP contribution < -0.4 is 9.64 Å². The standard InChI is InChI=1S/C23H29N3O2S/c1-17-15-20-21(16-18(17)2)29-23(24-20)26(13-8-12-25(3)4)22(27)11-14-28-19-9-6-5-7-10-19/h5-7,9-10,15-16H,8,11-14H2,1-4H3. The third-order valence-electron chi connectivity index (χ3n) is 4.84. The molecule has 0 saturated heterocycles. The summed E-state index contributed by atoms with van der Waals surface area (Å²) in [6.45, 7) is 6.13. The van der Waals surface area contributed by atoms with E-state index in [9.17, 15) is 4.79 Å². The molecule has 0 unspecified atom stereocenters. The molecule has 2 aromatic carbocycles. The number of hydrogen-bond acceptors (Lipinski definition) is 5. The maximum Gasteiger partial charge on any atom is 0.232 e. The second-order valence-electron chi connectivity index (χ2n) is 7.51. The van der Waals surface area contributed by atoms with Crippen LogP contribution in [0.3, 0.4) is 0 Å². The van der Waals surface area contributed by atoms with E-state index >= 15 is 0 Å². The molecule has 3 aromatic rings. The van der Waals surface area contributed by atoms with Gasteiger partial charge in [-0.05, 0) is 76.3 Å². The van der Waals surface area contributed by atoms with Crippen LogP contribution in [0, 0.1) is 13.8 Å². The van der Waals surface area contributed by atoms with Gasteiger partial charge in [0, 0.05) is 6.54 Å². The summed E-state index contributed by atoms with van der Waals surface area (Å²) < 4.78 is 6.84. The van der Waals surface area contributed by atoms with Crippen LogP contribution in [0.1, 0.15) is 24.0 Å². The van der Waals surface area contributed by atoms with Gasteiger partial charge in [0.15, 0.2) is 5.13 Å². The van der Waals surface area contributed by atoms with Crippen LogP contribution >= 0.6 is 11.3 Å². The van der Waals surface area contributed by atoms with Crippen LogP contribution in [0.25, 0.3) is 10.2 Å². The summed E-state index contributed by atoms with van der Waals surface area (Å²) in [5.74, 6) is 0.831. The van der Waals surface area contributed by atoms with Gasteiger partial charge in [0.05, 0.1) is 23.2 Å². The van der Waals surface area contributed by atoms with E-state index in [0.29, 0.717) is 19.6 Å². The van der Waals surface area contributed by atoms with E-state index in [1.54, 1.807) is 11.3 Å². The summed E-state index contributed by atoms with van der Waals surface area (Å²) in [7, 11) is 4.09. The molecule has 3 rings (SSSR count). The van der Waals surface area contributed by atoms with Gasteiger partial charge in [-0.3, -0.25) is 9.69 Å². The molecule has 0 saturated carbocycles. The molecule has 0 aliphatic rings. The molecular weight excluding hydrogens is 382 g/mol. The summed E-state index contributed by atoms with van der Waals surface area (Å²) in [5.41, 5.74) is 3.42. The molecule has 0 spiro atoms. The number of nitrogens with zero attached hydrogens (tertiary/aromatic N) is 3. The predicted octanol–water partition coefficient (Wildman–Crippen LogP) is 4.67. The number of rotatable bonds is 9. The quantitative estimate of drug-likeness (QED) is 0.513. The van der Waals surface area contributed by atoms with Crippen molar-refractivity contribution in [1.82, 2.24) is 9.88 Å². The van der Waals surface area contributed by atoms with Gasteiger partial charge in [-0.15, -0.1) is 0 Å². The Hall–Kier alpha value is -2.44. The molecule has 5 nitrogen and oxygen atoms in total. The molecule has 6 heteroatoms. The Labute approximate surface area is 176 Å². The fourth-order valence-corrected chi connectivity index (χ4v) is 4.15. The van der Waals surface area contributed by atoms with Crippen molar-refractivity contribution in [2.75, 3.05) is 38.7 Å². The average molecular weight is 412 g/mol. The molecule has 1 aromatic heterocycles. The van der Waals surface area contributed by atoms with E-state index in [-0.39, 0.29) is 5.91 Å². The van der Waals surface area contributed by atoms with Gasteiger partial charge in [0.2, 0.25) is 5.91 Å². The van der Waals surface area contributed by atoms with Gasteiger partial charge in [-0.1, -0.05) is 29.5 Å². The number of para-hydroxylation sites is 1. The number of anilines is 1. The maximum atomic E-state index is 13.0. The van der Waals surface area contributed by atoms with Crippen molar-refractivity contribution in [3.63, 3.8) is 0 Å². The summed E-state index contributed by atoms with van der Waals surface area (Å²) in [4.78, 5) is 21.7. The number of amides is 1. The zero-order valence-corrected chi connectivity index (χ0v) is 18.5. The Bertz CT molecular complexity index is 914. The molecule has 29 heavy (non-hydrogen) atoms. The summed E-state index contributed by atoms with van der Waals surface area (Å²) in [6.07, 6.45) is 1.22. The highest BCUT2D eigenvalue weighted by Gasteiger charge is 2.20. The van der Waals surface area contributed by atoms with E-state index < -0.39 is 0 Å². The third kappa shape index (κ3) is 5.78. The molecule has 0 aliphatic heterocycles. The lowest BCUT2D eigenvalue weighted by Crippen LogP contribution is -2.34. The topological polar surface area (TPSA) is 45.7 Å². The Morgan fingerprint density at radius 3 is 2.52 bits per heavy atom. The second-order valence-corrected chi connectivity index (χ2v) is 8.52. The monoisotopic (exact) mass is 411 g/mol. The maximum absolute atomic E-state index is 13.0. The Morgan fingerprint density at radius 1 is 1.07 bits per heavy atom. The van der Waals surface area contributed by atoms with Crippen LogP contribution in [0.2, 0.25) is 0 Å². The smallest absolute Gasteiger partial charge is 0.232 e. The van der Waals surface area contributed by atoms with E-state index in [2.05, 4.69) is 30.9 Å². The van der Waals surface area contributed by atoms with E-state index in [4.69, 9.17) is 9.72 Å². The van der Waals surface area contributed by atoms with Gasteiger partial charge in [-0.2, -0.15) is 0 Å². The van der Waals surface area contributed by atoms with Crippen LogP contribution in [0.5, 0.6) is 5.75 Å². The van der Waals surface area contributed by atoms with E-state index in [1.807, 2.05) is 49.3 Å². The molecule has 154 valence electrons. The predicted molar refractivity (Wildman–Crippen MR) is 121 cm³/mol. The normalized spacial score (nSPS) is 11.2. The van der Waals surface area contributed by atoms with Gasteiger partial charge < -0.3 is 9.64 Å². The second kappa shape index (κ2) is 9.85. The largest absolute Gasteiger partial charge is 0.493 e. The Kier molecular flexibility index (Phi) is 7.23. The first-order chi connectivity index (χ1) is 13.9. The minimum absolute atomic E-state index is 0.0483. The van der Waals surface area contributed by atoms with Crippen molar-refractivity contribution in [1.29, 1.82) is 0 Å². The van der Waals surface area contributed by atoms with Crippen LogP contribution in [-0.4, -0.2) is 49.6 Å². The van der Waals surface area contributed by atoms with Crippen molar-refractivity contribution in [3.8, 4) is 5.75 Å². The van der Waals surface area contributed by atoms with E-state index in [0.717, 1.165) is 34.1 Å². The fraction of sp³-hybridized carbons (Fsp3) is 0.391. The number of carbonyl (C=O) groups is 1. The SMILES string of the molecule is Cc1cc2nc(N(CCCN(C)C)C(=O)CCOc3ccccc3)sc2cc1C. The number of fused-ring (bicyclic) bond motifs is 1. The number of aryl methyl sites for hydroxylation is 2. The molecule has 0 N–H and O–H groups in total. The highest BCUT2D eigenvalue weighted by atomic mass is 32.1. The number of thiazole rings is 1. The zero-order valence-electron chi connectivity index (χ0n) is 17.6. The van der Waals surface area contributed by atoms with Gasteiger partial charge in [-0.25, -0.2) is 4.98 Å². The first kappa shape index (κ1) is 21.3. The number of hydrogen-bond donors (Lipinski definition) is 0. The minimum Gasteiger partial charge on any atom is -0.493 e. The van der Waals surface area contributed by atoms with Crippen molar-refractivity contribution >= 4 is 32.6 Å². The highest BCUT2D eigenvalue weighted by molar-refractivity contribution is 7.22. The lowest BCUT2D eigenvalue weighted by atomic mass is 10.1. The Balaban J connectivity index is 1.73. The molecule has 0 radical (unpaired) electrons. The third-order valence-corrected chi connectivity index (χ3v) is 5.88. The lowest BCUT2D eigenvalue weighted by Gasteiger charge is -2.21. The molecule has 0 atom stereocenters. The van der Waals surface area contributed by atoms with Crippen molar-refractivity contribution in [2.24, 2.45) is 0 Å². The minimum atomic E-state index is 0.0483. The fourth-order valence-electron chi connectivity index (χ4n) is 3.06. The molecule has 1 amide bonds. The zero-order chi connectivity index (χ0) is 20.8. The van der Waals surface area contributed by atoms with Gasteiger partial charge in [0.25, 0.3) is 0 Å². The van der Waals surface area contributed by atoms with Crippen molar-refractivity contribution in [3.05, 3.63) is 53.6 Å². The molecule has 0 fully saturated rings.